The number of H-pyrrole nitrogens is 1. The van der Waals surface area contributed by atoms with Crippen LogP contribution in [0.2, 0.25) is 0 Å². The van der Waals surface area contributed by atoms with E-state index in [0.29, 0.717) is 28.5 Å². The molecular formula is C20H19N5OS. The van der Waals surface area contributed by atoms with Crippen LogP contribution in [0.3, 0.4) is 0 Å². The Bertz CT molecular complexity index is 1010. The van der Waals surface area contributed by atoms with Gasteiger partial charge in [0, 0.05) is 11.1 Å². The first-order chi connectivity index (χ1) is 13.2. The Labute approximate surface area is 161 Å². The molecule has 0 saturated carbocycles. The maximum Gasteiger partial charge on any atom is 0.237 e. The van der Waals surface area contributed by atoms with Crippen LogP contribution in [-0.2, 0) is 5.75 Å². The molecule has 0 aliphatic heterocycles. The van der Waals surface area contributed by atoms with Crippen LogP contribution in [0.4, 0.5) is 0 Å². The average Bonchev–Trinajstić information content (AvgIpc) is 3.37. The third-order valence-electron chi connectivity index (χ3n) is 4.14. The van der Waals surface area contributed by atoms with Gasteiger partial charge in [0.1, 0.15) is 0 Å². The van der Waals surface area contributed by atoms with Crippen LogP contribution in [0.15, 0.2) is 64.3 Å². The third-order valence-corrected chi connectivity index (χ3v) is 4.97. The zero-order valence-corrected chi connectivity index (χ0v) is 15.9. The molecule has 2 aromatic carbocycles. The molecule has 2 aromatic heterocycles. The van der Waals surface area contributed by atoms with Crippen molar-refractivity contribution < 1.29 is 4.52 Å². The predicted molar refractivity (Wildman–Crippen MR) is 105 cm³/mol. The first-order valence-electron chi connectivity index (χ1n) is 8.72. The summed E-state index contributed by atoms with van der Waals surface area (Å²) in [6.45, 7) is 4.34. The second kappa shape index (κ2) is 7.75. The van der Waals surface area contributed by atoms with Crippen LogP contribution >= 0.6 is 11.8 Å². The molecule has 2 heterocycles. The number of aromatic amines is 1. The lowest BCUT2D eigenvalue weighted by Crippen LogP contribution is -1.88. The highest BCUT2D eigenvalue weighted by Crippen LogP contribution is 2.24. The van der Waals surface area contributed by atoms with E-state index in [4.69, 9.17) is 4.52 Å². The molecule has 0 amide bonds. The van der Waals surface area contributed by atoms with E-state index in [2.05, 4.69) is 51.3 Å². The van der Waals surface area contributed by atoms with Gasteiger partial charge in [0.25, 0.3) is 0 Å². The molecule has 0 aliphatic rings. The molecule has 4 rings (SSSR count). The average molecular weight is 377 g/mol. The molecular weight excluding hydrogens is 358 g/mol. The van der Waals surface area contributed by atoms with E-state index in [1.165, 1.54) is 17.3 Å². The van der Waals surface area contributed by atoms with Crippen LogP contribution in [0.5, 0.6) is 0 Å². The zero-order valence-electron chi connectivity index (χ0n) is 15.1. The number of nitrogens with one attached hydrogen (secondary N) is 1. The summed E-state index contributed by atoms with van der Waals surface area (Å²) in [5, 5.41) is 11.9. The number of benzene rings is 2. The Morgan fingerprint density at radius 1 is 0.963 bits per heavy atom. The van der Waals surface area contributed by atoms with E-state index < -0.39 is 0 Å². The van der Waals surface area contributed by atoms with Crippen molar-refractivity contribution in [3.63, 3.8) is 0 Å². The first kappa shape index (κ1) is 17.5. The summed E-state index contributed by atoms with van der Waals surface area (Å²) in [6.07, 6.45) is 0. The maximum absolute atomic E-state index is 5.36. The van der Waals surface area contributed by atoms with Gasteiger partial charge in [-0.2, -0.15) is 4.98 Å². The van der Waals surface area contributed by atoms with Gasteiger partial charge in [0.2, 0.25) is 16.9 Å². The van der Waals surface area contributed by atoms with Gasteiger partial charge in [-0.1, -0.05) is 85.4 Å². The van der Waals surface area contributed by atoms with E-state index >= 15 is 0 Å². The van der Waals surface area contributed by atoms with Gasteiger partial charge >= 0.3 is 0 Å². The second-order valence-electron chi connectivity index (χ2n) is 6.41. The van der Waals surface area contributed by atoms with Crippen molar-refractivity contribution in [2.24, 2.45) is 0 Å². The standard InChI is InChI=1S/C20H19N5OS/c1-13(2)14-8-10-16(11-9-14)19-21-17(26-25-19)12-27-20-22-18(23-24-20)15-6-4-3-5-7-15/h3-11,13H,12H2,1-2H3,(H,22,23,24). The van der Waals surface area contributed by atoms with Crippen molar-refractivity contribution in [1.82, 2.24) is 25.3 Å². The molecule has 136 valence electrons. The highest BCUT2D eigenvalue weighted by Gasteiger charge is 2.12. The van der Waals surface area contributed by atoms with E-state index in [1.807, 2.05) is 42.5 Å². The second-order valence-corrected chi connectivity index (χ2v) is 7.35. The van der Waals surface area contributed by atoms with Gasteiger partial charge in [-0.05, 0) is 11.5 Å². The van der Waals surface area contributed by atoms with Crippen molar-refractivity contribution in [3.05, 3.63) is 66.1 Å². The first-order valence-corrected chi connectivity index (χ1v) is 9.71. The van der Waals surface area contributed by atoms with Crippen molar-refractivity contribution >= 4 is 11.8 Å². The Hall–Kier alpha value is -2.93. The number of rotatable bonds is 6. The van der Waals surface area contributed by atoms with Gasteiger partial charge in [-0.25, -0.2) is 4.98 Å². The van der Waals surface area contributed by atoms with Crippen molar-refractivity contribution in [3.8, 4) is 22.8 Å². The molecule has 0 radical (unpaired) electrons. The highest BCUT2D eigenvalue weighted by molar-refractivity contribution is 7.98. The number of hydrogen-bond donors (Lipinski definition) is 1. The van der Waals surface area contributed by atoms with Crippen molar-refractivity contribution in [2.75, 3.05) is 0 Å². The smallest absolute Gasteiger partial charge is 0.237 e. The van der Waals surface area contributed by atoms with E-state index in [0.717, 1.165) is 17.0 Å². The third kappa shape index (κ3) is 4.09. The molecule has 0 fully saturated rings. The summed E-state index contributed by atoms with van der Waals surface area (Å²) in [6, 6.07) is 18.1. The minimum absolute atomic E-state index is 0.499. The summed E-state index contributed by atoms with van der Waals surface area (Å²) in [5.41, 5.74) is 3.24. The van der Waals surface area contributed by atoms with Gasteiger partial charge in [0.15, 0.2) is 5.82 Å². The van der Waals surface area contributed by atoms with E-state index in [1.54, 1.807) is 0 Å². The summed E-state index contributed by atoms with van der Waals surface area (Å²) < 4.78 is 5.36. The molecule has 0 saturated heterocycles. The molecule has 0 bridgehead atoms. The Morgan fingerprint density at radius 3 is 2.48 bits per heavy atom. The summed E-state index contributed by atoms with van der Waals surface area (Å²) in [5.74, 6) is 2.91. The Kier molecular flexibility index (Phi) is 5.02. The number of hydrogen-bond acceptors (Lipinski definition) is 6. The van der Waals surface area contributed by atoms with Crippen LogP contribution in [0.1, 0.15) is 31.2 Å². The minimum atomic E-state index is 0.499. The van der Waals surface area contributed by atoms with Crippen LogP contribution in [-0.4, -0.2) is 25.3 Å². The van der Waals surface area contributed by atoms with Crippen molar-refractivity contribution in [1.29, 1.82) is 0 Å². The van der Waals surface area contributed by atoms with Crippen LogP contribution < -0.4 is 0 Å². The maximum atomic E-state index is 5.36. The summed E-state index contributed by atoms with van der Waals surface area (Å²) >= 11 is 1.45. The molecule has 4 aromatic rings. The van der Waals surface area contributed by atoms with Gasteiger partial charge in [-0.3, -0.25) is 5.10 Å². The minimum Gasteiger partial charge on any atom is -0.338 e. The highest BCUT2D eigenvalue weighted by atomic mass is 32.2. The number of aromatic nitrogens is 5. The van der Waals surface area contributed by atoms with Crippen LogP contribution in [0, 0.1) is 0 Å². The molecule has 0 unspecified atom stereocenters. The predicted octanol–water partition coefficient (Wildman–Crippen LogP) is 4.94. The number of nitrogens with zero attached hydrogens (tertiary/aromatic N) is 4. The lowest BCUT2D eigenvalue weighted by molar-refractivity contribution is 0.391. The lowest BCUT2D eigenvalue weighted by Gasteiger charge is -2.04. The molecule has 27 heavy (non-hydrogen) atoms. The van der Waals surface area contributed by atoms with Gasteiger partial charge in [-0.15, -0.1) is 5.10 Å². The van der Waals surface area contributed by atoms with Crippen molar-refractivity contribution in [2.45, 2.75) is 30.7 Å². The zero-order chi connectivity index (χ0) is 18.6. The summed E-state index contributed by atoms with van der Waals surface area (Å²) in [7, 11) is 0. The molecule has 0 aliphatic carbocycles. The fraction of sp³-hybridized carbons (Fsp3) is 0.200. The molecule has 1 N–H and O–H groups in total. The monoisotopic (exact) mass is 377 g/mol. The molecule has 0 atom stereocenters. The van der Waals surface area contributed by atoms with E-state index in [-0.39, 0.29) is 0 Å². The van der Waals surface area contributed by atoms with Gasteiger partial charge < -0.3 is 4.52 Å². The lowest BCUT2D eigenvalue weighted by atomic mass is 10.0. The van der Waals surface area contributed by atoms with E-state index in [9.17, 15) is 0 Å². The molecule has 7 heteroatoms. The normalized spacial score (nSPS) is 11.2. The Balaban J connectivity index is 1.41. The number of thioether (sulfide) groups is 1. The van der Waals surface area contributed by atoms with Crippen LogP contribution in [0.25, 0.3) is 22.8 Å². The fourth-order valence-corrected chi connectivity index (χ4v) is 3.25. The topological polar surface area (TPSA) is 80.5 Å². The van der Waals surface area contributed by atoms with Gasteiger partial charge in [0.05, 0.1) is 5.75 Å². The molecule has 0 spiro atoms. The molecule has 6 nitrogen and oxygen atoms in total. The summed E-state index contributed by atoms with van der Waals surface area (Å²) in [4.78, 5) is 8.96. The fourth-order valence-electron chi connectivity index (χ4n) is 2.61. The Morgan fingerprint density at radius 2 is 1.74 bits per heavy atom. The largest absolute Gasteiger partial charge is 0.338 e. The SMILES string of the molecule is CC(C)c1ccc(-c2noc(CSc3n[nH]c(-c4ccccc4)n3)n2)cc1. The quantitative estimate of drug-likeness (QED) is 0.480.